The summed E-state index contributed by atoms with van der Waals surface area (Å²) in [6, 6.07) is 15.7. The van der Waals surface area contributed by atoms with E-state index < -0.39 is 0 Å². The summed E-state index contributed by atoms with van der Waals surface area (Å²) >= 11 is 0. The minimum atomic E-state index is 0.00966. The zero-order valence-corrected chi connectivity index (χ0v) is 18.1. The minimum Gasteiger partial charge on any atom is -0.497 e. The van der Waals surface area contributed by atoms with Crippen molar-refractivity contribution >= 4 is 5.91 Å². The van der Waals surface area contributed by atoms with Crippen LogP contribution >= 0.6 is 0 Å². The molecule has 2 aromatic carbocycles. The van der Waals surface area contributed by atoms with E-state index in [0.717, 1.165) is 34.1 Å². The van der Waals surface area contributed by atoms with E-state index in [0.29, 0.717) is 26.0 Å². The average molecular weight is 408 g/mol. The lowest BCUT2D eigenvalue weighted by atomic mass is 10.1. The van der Waals surface area contributed by atoms with Gasteiger partial charge in [0.05, 0.1) is 25.0 Å². The Hall–Kier alpha value is -3.28. The first-order chi connectivity index (χ1) is 14.5. The molecule has 0 aliphatic heterocycles. The van der Waals surface area contributed by atoms with Gasteiger partial charge in [-0.2, -0.15) is 5.10 Å². The molecule has 1 amide bonds. The van der Waals surface area contributed by atoms with Crippen LogP contribution < -0.4 is 14.8 Å². The van der Waals surface area contributed by atoms with Crippen LogP contribution in [0.1, 0.15) is 28.9 Å². The summed E-state index contributed by atoms with van der Waals surface area (Å²) in [5.41, 5.74) is 5.21. The quantitative estimate of drug-likeness (QED) is 0.546. The monoisotopic (exact) mass is 407 g/mol. The highest BCUT2D eigenvalue weighted by atomic mass is 16.5. The number of nitrogens with zero attached hydrogens (tertiary/aromatic N) is 2. The Morgan fingerprint density at radius 2 is 1.83 bits per heavy atom. The Labute approximate surface area is 177 Å². The van der Waals surface area contributed by atoms with Crippen LogP contribution in [0, 0.1) is 20.8 Å². The van der Waals surface area contributed by atoms with Crippen molar-refractivity contribution in [2.45, 2.75) is 33.6 Å². The van der Waals surface area contributed by atoms with Gasteiger partial charge in [-0.15, -0.1) is 0 Å². The number of carbonyl (C=O) groups excluding carboxylic acids is 1. The van der Waals surface area contributed by atoms with E-state index in [-0.39, 0.29) is 5.91 Å². The Morgan fingerprint density at radius 3 is 2.57 bits per heavy atom. The van der Waals surface area contributed by atoms with E-state index in [1.807, 2.05) is 74.0 Å². The van der Waals surface area contributed by atoms with Crippen molar-refractivity contribution in [3.8, 4) is 17.2 Å². The first-order valence-corrected chi connectivity index (χ1v) is 10.1. The largest absolute Gasteiger partial charge is 0.497 e. The van der Waals surface area contributed by atoms with Gasteiger partial charge in [0.25, 0.3) is 0 Å². The van der Waals surface area contributed by atoms with Crippen molar-refractivity contribution < 1.29 is 14.3 Å². The number of methoxy groups -OCH3 is 1. The SMILES string of the molecule is COc1cccc(-n2nc(C)c(CCC(=O)NCCOc3ccc(C)cc3)c2C)c1. The van der Waals surface area contributed by atoms with Crippen LogP contribution in [0.2, 0.25) is 0 Å². The number of aromatic nitrogens is 2. The summed E-state index contributed by atoms with van der Waals surface area (Å²) in [5, 5.41) is 7.58. The predicted molar refractivity (Wildman–Crippen MR) is 118 cm³/mol. The van der Waals surface area contributed by atoms with Crippen molar-refractivity contribution in [1.82, 2.24) is 15.1 Å². The van der Waals surface area contributed by atoms with Gasteiger partial charge in [0, 0.05) is 18.2 Å². The number of carbonyl (C=O) groups is 1. The molecule has 0 atom stereocenters. The first kappa shape index (κ1) is 21.4. The zero-order chi connectivity index (χ0) is 21.5. The number of aryl methyl sites for hydroxylation is 2. The topological polar surface area (TPSA) is 65.4 Å². The third-order valence-corrected chi connectivity index (χ3v) is 5.06. The summed E-state index contributed by atoms with van der Waals surface area (Å²) < 4.78 is 12.9. The van der Waals surface area contributed by atoms with Gasteiger partial charge in [-0.05, 0) is 57.0 Å². The fourth-order valence-electron chi connectivity index (χ4n) is 3.35. The number of hydrogen-bond donors (Lipinski definition) is 1. The third-order valence-electron chi connectivity index (χ3n) is 5.06. The molecule has 0 aliphatic rings. The van der Waals surface area contributed by atoms with Crippen LogP contribution in [0.5, 0.6) is 11.5 Å². The molecular weight excluding hydrogens is 378 g/mol. The molecule has 0 saturated heterocycles. The molecule has 0 fully saturated rings. The molecule has 6 heteroatoms. The van der Waals surface area contributed by atoms with Gasteiger partial charge in [0.15, 0.2) is 0 Å². The second-order valence-corrected chi connectivity index (χ2v) is 7.27. The zero-order valence-electron chi connectivity index (χ0n) is 18.1. The molecule has 30 heavy (non-hydrogen) atoms. The Kier molecular flexibility index (Phi) is 7.12. The van der Waals surface area contributed by atoms with Gasteiger partial charge in [-0.3, -0.25) is 4.79 Å². The standard InChI is InChI=1S/C24H29N3O3/c1-17-8-10-21(11-9-17)30-15-14-25-24(28)13-12-23-18(2)26-27(19(23)3)20-6-5-7-22(16-20)29-4/h5-11,16H,12-15H2,1-4H3,(H,25,28). The molecule has 6 nitrogen and oxygen atoms in total. The molecule has 0 aliphatic carbocycles. The molecule has 0 saturated carbocycles. The van der Waals surface area contributed by atoms with Crippen molar-refractivity contribution in [1.29, 1.82) is 0 Å². The molecular formula is C24H29N3O3. The van der Waals surface area contributed by atoms with Crippen molar-refractivity contribution in [3.05, 3.63) is 71.0 Å². The summed E-state index contributed by atoms with van der Waals surface area (Å²) in [4.78, 5) is 12.2. The number of rotatable bonds is 9. The molecule has 1 heterocycles. The molecule has 3 rings (SSSR count). The maximum Gasteiger partial charge on any atom is 0.220 e. The van der Waals surface area contributed by atoms with Gasteiger partial charge >= 0.3 is 0 Å². The van der Waals surface area contributed by atoms with E-state index in [1.165, 1.54) is 5.56 Å². The van der Waals surface area contributed by atoms with Crippen LogP contribution in [0.4, 0.5) is 0 Å². The Balaban J connectivity index is 1.51. The van der Waals surface area contributed by atoms with Crippen LogP contribution in [0.25, 0.3) is 5.69 Å². The maximum absolute atomic E-state index is 12.2. The van der Waals surface area contributed by atoms with Gasteiger partial charge in [0.1, 0.15) is 18.1 Å². The highest BCUT2D eigenvalue weighted by Crippen LogP contribution is 2.22. The summed E-state index contributed by atoms with van der Waals surface area (Å²) in [6.45, 7) is 6.97. The lowest BCUT2D eigenvalue weighted by Crippen LogP contribution is -2.28. The second kappa shape index (κ2) is 9.96. The van der Waals surface area contributed by atoms with E-state index in [2.05, 4.69) is 10.4 Å². The lowest BCUT2D eigenvalue weighted by Gasteiger charge is -2.09. The molecule has 158 valence electrons. The average Bonchev–Trinajstić information content (AvgIpc) is 3.04. The third kappa shape index (κ3) is 5.41. The van der Waals surface area contributed by atoms with E-state index in [1.54, 1.807) is 7.11 Å². The number of amides is 1. The molecule has 1 N–H and O–H groups in total. The summed E-state index contributed by atoms with van der Waals surface area (Å²) in [6.07, 6.45) is 1.06. The molecule has 0 radical (unpaired) electrons. The van der Waals surface area contributed by atoms with Crippen molar-refractivity contribution in [3.63, 3.8) is 0 Å². The van der Waals surface area contributed by atoms with E-state index in [4.69, 9.17) is 9.47 Å². The van der Waals surface area contributed by atoms with Crippen molar-refractivity contribution in [2.75, 3.05) is 20.3 Å². The number of hydrogen-bond acceptors (Lipinski definition) is 4. The smallest absolute Gasteiger partial charge is 0.220 e. The highest BCUT2D eigenvalue weighted by molar-refractivity contribution is 5.76. The van der Waals surface area contributed by atoms with Gasteiger partial charge in [-0.25, -0.2) is 4.68 Å². The van der Waals surface area contributed by atoms with Crippen molar-refractivity contribution in [2.24, 2.45) is 0 Å². The molecule has 0 spiro atoms. The van der Waals surface area contributed by atoms with Crippen LogP contribution in [0.15, 0.2) is 48.5 Å². The van der Waals surface area contributed by atoms with Crippen LogP contribution in [0.3, 0.4) is 0 Å². The predicted octanol–water partition coefficient (Wildman–Crippen LogP) is 3.93. The molecule has 0 bridgehead atoms. The molecule has 1 aromatic heterocycles. The molecule has 0 unspecified atom stereocenters. The Bertz CT molecular complexity index is 993. The van der Waals surface area contributed by atoms with E-state index in [9.17, 15) is 4.79 Å². The van der Waals surface area contributed by atoms with Crippen LogP contribution in [-0.2, 0) is 11.2 Å². The number of ether oxygens (including phenoxy) is 2. The normalized spacial score (nSPS) is 10.7. The van der Waals surface area contributed by atoms with Gasteiger partial charge in [-0.1, -0.05) is 23.8 Å². The maximum atomic E-state index is 12.2. The first-order valence-electron chi connectivity index (χ1n) is 10.1. The minimum absolute atomic E-state index is 0.00966. The van der Waals surface area contributed by atoms with Gasteiger partial charge < -0.3 is 14.8 Å². The lowest BCUT2D eigenvalue weighted by molar-refractivity contribution is -0.121. The number of benzene rings is 2. The number of nitrogens with one attached hydrogen (secondary N) is 1. The summed E-state index contributed by atoms with van der Waals surface area (Å²) in [7, 11) is 1.65. The highest BCUT2D eigenvalue weighted by Gasteiger charge is 2.14. The van der Waals surface area contributed by atoms with Crippen LogP contribution in [-0.4, -0.2) is 35.9 Å². The summed E-state index contributed by atoms with van der Waals surface area (Å²) in [5.74, 6) is 1.61. The Morgan fingerprint density at radius 1 is 1.07 bits per heavy atom. The molecule has 3 aromatic rings. The fourth-order valence-corrected chi connectivity index (χ4v) is 3.35. The second-order valence-electron chi connectivity index (χ2n) is 7.27. The van der Waals surface area contributed by atoms with Gasteiger partial charge in [0.2, 0.25) is 5.91 Å². The fraction of sp³-hybridized carbons (Fsp3) is 0.333. The van der Waals surface area contributed by atoms with E-state index >= 15 is 0 Å².